The third kappa shape index (κ3) is 16.5. The van der Waals surface area contributed by atoms with Crippen LogP contribution in [0.25, 0.3) is 0 Å². The topological polar surface area (TPSA) is 133 Å². The van der Waals surface area contributed by atoms with Crippen molar-refractivity contribution in [2.45, 2.75) is 0 Å². The highest BCUT2D eigenvalue weighted by atomic mass is 31.2. The molecule has 0 aliphatic heterocycles. The zero-order valence-electron chi connectivity index (χ0n) is 3.94. The first-order valence-electron chi connectivity index (χ1n) is 1.00. The van der Waals surface area contributed by atoms with Crippen molar-refractivity contribution in [3.63, 3.8) is 0 Å². The molecule has 0 heterocycles. The smallest absolute Gasteiger partial charge is 0.412 e. The summed E-state index contributed by atoms with van der Waals surface area (Å²) in [5, 5.41) is 0. The molecule has 0 aromatic heterocycles. The van der Waals surface area contributed by atoms with Crippen molar-refractivity contribution in [1.82, 2.24) is 6.15 Å². The number of hydrogen-bond acceptors (Lipinski definition) is 3. The highest BCUT2D eigenvalue weighted by Crippen LogP contribution is 2.33. The number of phosphoric acid groups is 1. The molecule has 0 unspecified atom stereocenters. The van der Waals surface area contributed by atoms with E-state index in [-0.39, 0.29) is 11.6 Å². The molecule has 0 aliphatic carbocycles. The Balaban J connectivity index is -0.000000125. The van der Waals surface area contributed by atoms with Crippen LogP contribution in [0.4, 0.5) is 0 Å². The maximum atomic E-state index is 9.35. The van der Waals surface area contributed by atoms with Crippen molar-refractivity contribution in [2.75, 3.05) is 0 Å². The molecule has 8 heteroatoms. The molecular weight excluding hydrogens is 136 g/mol. The Bertz CT molecular complexity index is 76.5. The highest BCUT2D eigenvalue weighted by Gasteiger charge is 2.06. The number of hydrogen-bond donors (Lipinski definition) is 3. The van der Waals surface area contributed by atoms with Crippen LogP contribution in [0, 0.1) is 0 Å². The van der Waals surface area contributed by atoms with E-state index < -0.39 is 7.82 Å². The molecule has 8 heavy (non-hydrogen) atoms. The van der Waals surface area contributed by atoms with E-state index in [1.165, 1.54) is 0 Å². The average molecular weight is 143 g/mol. The van der Waals surface area contributed by atoms with Crippen LogP contribution in [0.1, 0.15) is 0 Å². The van der Waals surface area contributed by atoms with E-state index in [4.69, 9.17) is 9.79 Å². The summed E-state index contributed by atoms with van der Waals surface area (Å²) in [7, 11) is -0.326. The first kappa shape index (κ1) is 15.7. The van der Waals surface area contributed by atoms with Gasteiger partial charge >= 0.3 is 7.82 Å². The van der Waals surface area contributed by atoms with Gasteiger partial charge in [-0.05, 0) is 0 Å². The SMILES string of the molecule is N.O.[B]OP(=O)(O)O. The van der Waals surface area contributed by atoms with Crippen LogP contribution in [0.5, 0.6) is 0 Å². The quantitative estimate of drug-likeness (QED) is 0.303. The Labute approximate surface area is 47.4 Å². The van der Waals surface area contributed by atoms with Crippen LogP contribution in [0.15, 0.2) is 0 Å². The molecule has 6 nitrogen and oxygen atoms in total. The summed E-state index contributed by atoms with van der Waals surface area (Å²) in [6, 6.07) is 0. The monoisotopic (exact) mass is 143 g/mol. The maximum absolute atomic E-state index is 9.35. The molecule has 0 fully saturated rings. The van der Waals surface area contributed by atoms with Crippen molar-refractivity contribution in [1.29, 1.82) is 0 Å². The van der Waals surface area contributed by atoms with Gasteiger partial charge in [0.05, 0.1) is 0 Å². The van der Waals surface area contributed by atoms with E-state index >= 15 is 0 Å². The largest absolute Gasteiger partial charge is 0.454 e. The fraction of sp³-hybridized carbons (Fsp3) is 0. The predicted octanol–water partition coefficient (Wildman–Crippen LogP) is -1.48. The fourth-order valence-electron chi connectivity index (χ4n) is 0. The van der Waals surface area contributed by atoms with Crippen LogP contribution in [0.2, 0.25) is 0 Å². The van der Waals surface area contributed by atoms with Crippen LogP contribution in [-0.4, -0.2) is 23.3 Å². The zero-order valence-corrected chi connectivity index (χ0v) is 4.84. The summed E-state index contributed by atoms with van der Waals surface area (Å²) in [5.41, 5.74) is 0. The van der Waals surface area contributed by atoms with Crippen molar-refractivity contribution >= 4 is 15.9 Å². The molecule has 0 aromatic rings. The van der Waals surface area contributed by atoms with Gasteiger partial charge in [0.15, 0.2) is 0 Å². The van der Waals surface area contributed by atoms with Gasteiger partial charge in [-0.2, -0.15) is 0 Å². The average Bonchev–Trinajstić information content (AvgIpc) is 1.35. The minimum Gasteiger partial charge on any atom is -0.412 e. The first-order chi connectivity index (χ1) is 2.56. The molecule has 2 radical (unpaired) electrons. The minimum atomic E-state index is -4.37. The van der Waals surface area contributed by atoms with Gasteiger partial charge in [-0.15, -0.1) is 0 Å². The predicted molar refractivity (Wildman–Crippen MR) is 27.5 cm³/mol. The lowest BCUT2D eigenvalue weighted by Gasteiger charge is -1.94. The van der Waals surface area contributed by atoms with Crippen molar-refractivity contribution in [3.05, 3.63) is 0 Å². The molecule has 50 valence electrons. The van der Waals surface area contributed by atoms with Crippen molar-refractivity contribution in [2.24, 2.45) is 0 Å². The Kier molecular flexibility index (Phi) is 10.3. The lowest BCUT2D eigenvalue weighted by atomic mass is 10.6. The van der Waals surface area contributed by atoms with Gasteiger partial charge in [-0.1, -0.05) is 0 Å². The van der Waals surface area contributed by atoms with Gasteiger partial charge < -0.3 is 25.9 Å². The van der Waals surface area contributed by atoms with Crippen LogP contribution in [0.3, 0.4) is 0 Å². The fourth-order valence-corrected chi connectivity index (χ4v) is 0. The first-order valence-corrected chi connectivity index (χ1v) is 2.53. The van der Waals surface area contributed by atoms with Gasteiger partial charge in [0, 0.05) is 0 Å². The second kappa shape index (κ2) is 5.24. The molecule has 0 atom stereocenters. The maximum Gasteiger partial charge on any atom is 0.454 e. The Morgan fingerprint density at radius 1 is 1.50 bits per heavy atom. The highest BCUT2D eigenvalue weighted by molar-refractivity contribution is 7.47. The van der Waals surface area contributed by atoms with Crippen LogP contribution >= 0.6 is 7.82 Å². The summed E-state index contributed by atoms with van der Waals surface area (Å²) in [6.45, 7) is 0. The van der Waals surface area contributed by atoms with E-state index in [1.807, 2.05) is 0 Å². The summed E-state index contributed by atoms with van der Waals surface area (Å²) in [6.07, 6.45) is 0. The number of rotatable bonds is 1. The second-order valence-electron chi connectivity index (χ2n) is 0.596. The molecule has 0 spiro atoms. The minimum absolute atomic E-state index is 0. The van der Waals surface area contributed by atoms with Crippen LogP contribution in [-0.2, 0) is 9.01 Å². The molecule has 0 saturated heterocycles. The van der Waals surface area contributed by atoms with E-state index in [0.29, 0.717) is 0 Å². The van der Waals surface area contributed by atoms with E-state index in [1.54, 1.807) is 0 Å². The second-order valence-corrected chi connectivity index (χ2v) is 1.79. The Morgan fingerprint density at radius 2 is 1.62 bits per heavy atom. The summed E-state index contributed by atoms with van der Waals surface area (Å²) < 4.78 is 12.5. The molecule has 7 N–H and O–H groups in total. The van der Waals surface area contributed by atoms with E-state index in [2.05, 4.69) is 12.5 Å². The molecule has 0 bridgehead atoms. The summed E-state index contributed by atoms with van der Waals surface area (Å²) in [5.74, 6) is 0. The van der Waals surface area contributed by atoms with Gasteiger partial charge in [0.25, 0.3) is 8.05 Å². The third-order valence-electron chi connectivity index (χ3n) is 0.137. The lowest BCUT2D eigenvalue weighted by Crippen LogP contribution is -1.78. The van der Waals surface area contributed by atoms with Crippen LogP contribution < -0.4 is 6.15 Å². The third-order valence-corrected chi connectivity index (χ3v) is 0.412. The molecule has 0 aromatic carbocycles. The van der Waals surface area contributed by atoms with Crippen molar-refractivity contribution < 1.29 is 24.3 Å². The molecule has 0 rings (SSSR count). The van der Waals surface area contributed by atoms with Gasteiger partial charge in [0.2, 0.25) is 0 Å². The Hall–Kier alpha value is 0.0949. The molecule has 0 saturated carbocycles. The normalized spacial score (nSPS) is 8.75. The molecule has 0 amide bonds. The van der Waals surface area contributed by atoms with Gasteiger partial charge in [-0.3, -0.25) is 0 Å². The molecule has 0 aliphatic rings. The summed E-state index contributed by atoms with van der Waals surface area (Å²) in [4.78, 5) is 15.2. The molecular formula is H7BNO5P. The lowest BCUT2D eigenvalue weighted by molar-refractivity contribution is 0.292. The van der Waals surface area contributed by atoms with E-state index in [0.717, 1.165) is 0 Å². The summed E-state index contributed by atoms with van der Waals surface area (Å²) >= 11 is 0. The zero-order chi connectivity index (χ0) is 5.21. The van der Waals surface area contributed by atoms with E-state index in [9.17, 15) is 4.57 Å². The van der Waals surface area contributed by atoms with Crippen molar-refractivity contribution in [3.8, 4) is 0 Å². The Morgan fingerprint density at radius 3 is 1.62 bits per heavy atom. The van der Waals surface area contributed by atoms with Gasteiger partial charge in [0.1, 0.15) is 0 Å². The van der Waals surface area contributed by atoms with Gasteiger partial charge in [-0.25, -0.2) is 4.57 Å². The standard InChI is InChI=1S/BH2O4P.H3N.H2O/c1-5-6(2,3)4;;/h(H2,2,3,4);1H3;1H2.